The molecule has 4 heteroatoms. The number of aromatic hydroxyl groups is 1. The number of ether oxygens (including phenoxy) is 1. The van der Waals surface area contributed by atoms with Gasteiger partial charge >= 0.3 is 0 Å². The van der Waals surface area contributed by atoms with E-state index in [0.717, 1.165) is 31.6 Å². The summed E-state index contributed by atoms with van der Waals surface area (Å²) in [6.07, 6.45) is 2.00. The molecule has 0 radical (unpaired) electrons. The van der Waals surface area contributed by atoms with Crippen molar-refractivity contribution in [1.82, 2.24) is 5.32 Å². The minimum absolute atomic E-state index is 0.296. The third-order valence-electron chi connectivity index (χ3n) is 2.83. The summed E-state index contributed by atoms with van der Waals surface area (Å²) >= 11 is 0. The van der Waals surface area contributed by atoms with Crippen molar-refractivity contribution in [3.63, 3.8) is 0 Å². The maximum Gasteiger partial charge on any atom is 0.165 e. The van der Waals surface area contributed by atoms with Crippen molar-refractivity contribution in [1.29, 1.82) is 0 Å². The van der Waals surface area contributed by atoms with Crippen LogP contribution in [0.2, 0.25) is 0 Å². The lowest BCUT2D eigenvalue weighted by atomic mass is 10.1. The third kappa shape index (κ3) is 2.93. The van der Waals surface area contributed by atoms with Crippen molar-refractivity contribution in [2.45, 2.75) is 25.4 Å². The molecule has 1 aromatic rings. The van der Waals surface area contributed by atoms with E-state index < -0.39 is 5.82 Å². The van der Waals surface area contributed by atoms with Crippen LogP contribution in [0.4, 0.5) is 4.39 Å². The molecule has 0 atom stereocenters. The fourth-order valence-electron chi connectivity index (χ4n) is 1.82. The third-order valence-corrected chi connectivity index (χ3v) is 2.83. The van der Waals surface area contributed by atoms with E-state index in [1.807, 2.05) is 0 Å². The molecule has 0 saturated carbocycles. The maximum absolute atomic E-state index is 13.0. The summed E-state index contributed by atoms with van der Waals surface area (Å²) in [6, 6.07) is 4.92. The number of benzene rings is 1. The van der Waals surface area contributed by atoms with Crippen molar-refractivity contribution in [3.05, 3.63) is 29.6 Å². The van der Waals surface area contributed by atoms with Gasteiger partial charge in [0, 0.05) is 25.8 Å². The number of hydrogen-bond acceptors (Lipinski definition) is 3. The van der Waals surface area contributed by atoms with Gasteiger partial charge in [-0.05, 0) is 30.5 Å². The Bertz CT molecular complexity index is 351. The van der Waals surface area contributed by atoms with Crippen LogP contribution in [0.3, 0.4) is 0 Å². The summed E-state index contributed by atoms with van der Waals surface area (Å²) in [5.41, 5.74) is 0.849. The second-order valence-corrected chi connectivity index (χ2v) is 4.05. The standard InChI is InChI=1S/C12H16FNO2/c13-11-7-9(1-2-12(11)15)8-14-10-3-5-16-6-4-10/h1-2,7,10,14-15H,3-6,8H2. The van der Waals surface area contributed by atoms with Crippen LogP contribution >= 0.6 is 0 Å². The Kier molecular flexibility index (Phi) is 3.74. The quantitative estimate of drug-likeness (QED) is 0.824. The van der Waals surface area contributed by atoms with Crippen molar-refractivity contribution in [2.24, 2.45) is 0 Å². The van der Waals surface area contributed by atoms with Gasteiger partial charge in [0.15, 0.2) is 11.6 Å². The van der Waals surface area contributed by atoms with Crippen LogP contribution in [0, 0.1) is 5.82 Å². The Morgan fingerprint density at radius 2 is 2.12 bits per heavy atom. The van der Waals surface area contributed by atoms with Gasteiger partial charge in [0.05, 0.1) is 0 Å². The average Bonchev–Trinajstić information content (AvgIpc) is 2.32. The van der Waals surface area contributed by atoms with Crippen molar-refractivity contribution in [2.75, 3.05) is 13.2 Å². The van der Waals surface area contributed by atoms with E-state index in [1.165, 1.54) is 12.1 Å². The molecule has 2 rings (SSSR count). The Morgan fingerprint density at radius 3 is 2.81 bits per heavy atom. The molecule has 1 aliphatic heterocycles. The molecule has 88 valence electrons. The predicted molar refractivity (Wildman–Crippen MR) is 58.7 cm³/mol. The zero-order chi connectivity index (χ0) is 11.4. The monoisotopic (exact) mass is 225 g/mol. The largest absolute Gasteiger partial charge is 0.505 e. The first kappa shape index (κ1) is 11.4. The van der Waals surface area contributed by atoms with Gasteiger partial charge in [0.1, 0.15) is 0 Å². The minimum Gasteiger partial charge on any atom is -0.505 e. The molecular weight excluding hydrogens is 209 g/mol. The van der Waals surface area contributed by atoms with Gasteiger partial charge in [-0.15, -0.1) is 0 Å². The summed E-state index contributed by atoms with van der Waals surface area (Å²) in [5.74, 6) is -0.860. The number of phenols is 1. The molecule has 0 aliphatic carbocycles. The zero-order valence-electron chi connectivity index (χ0n) is 9.08. The van der Waals surface area contributed by atoms with Crippen LogP contribution in [0.25, 0.3) is 0 Å². The number of phenolic OH excluding ortho intramolecular Hbond substituents is 1. The van der Waals surface area contributed by atoms with E-state index in [2.05, 4.69) is 5.32 Å². The molecule has 1 aliphatic rings. The van der Waals surface area contributed by atoms with Crippen LogP contribution in [0.1, 0.15) is 18.4 Å². The number of halogens is 1. The highest BCUT2D eigenvalue weighted by Gasteiger charge is 2.12. The first-order chi connectivity index (χ1) is 7.75. The van der Waals surface area contributed by atoms with Gasteiger partial charge in [-0.1, -0.05) is 6.07 Å². The molecule has 2 N–H and O–H groups in total. The lowest BCUT2D eigenvalue weighted by Crippen LogP contribution is -2.34. The van der Waals surface area contributed by atoms with Crippen LogP contribution in [0.15, 0.2) is 18.2 Å². The predicted octanol–water partition coefficient (Wildman–Crippen LogP) is 1.80. The van der Waals surface area contributed by atoms with E-state index >= 15 is 0 Å². The minimum atomic E-state index is -0.564. The molecule has 0 bridgehead atoms. The Hall–Kier alpha value is -1.13. The Morgan fingerprint density at radius 1 is 1.38 bits per heavy atom. The summed E-state index contributed by atoms with van der Waals surface area (Å²) in [4.78, 5) is 0. The molecule has 1 heterocycles. The number of nitrogens with one attached hydrogen (secondary N) is 1. The molecule has 0 amide bonds. The van der Waals surface area contributed by atoms with Crippen molar-refractivity contribution in [3.8, 4) is 5.75 Å². The lowest BCUT2D eigenvalue weighted by Gasteiger charge is -2.23. The fourth-order valence-corrected chi connectivity index (χ4v) is 1.82. The second-order valence-electron chi connectivity index (χ2n) is 4.05. The average molecular weight is 225 g/mol. The molecular formula is C12H16FNO2. The first-order valence-electron chi connectivity index (χ1n) is 5.54. The molecule has 0 spiro atoms. The van der Waals surface area contributed by atoms with Gasteiger partial charge in [0.2, 0.25) is 0 Å². The zero-order valence-corrected chi connectivity index (χ0v) is 9.08. The topological polar surface area (TPSA) is 41.5 Å². The van der Waals surface area contributed by atoms with E-state index in [9.17, 15) is 4.39 Å². The van der Waals surface area contributed by atoms with E-state index in [0.29, 0.717) is 12.6 Å². The molecule has 0 aromatic heterocycles. The van der Waals surface area contributed by atoms with Crippen LogP contribution in [0.5, 0.6) is 5.75 Å². The highest BCUT2D eigenvalue weighted by Crippen LogP contribution is 2.16. The van der Waals surface area contributed by atoms with Gasteiger partial charge in [0.25, 0.3) is 0 Å². The summed E-state index contributed by atoms with van der Waals surface area (Å²) in [6.45, 7) is 2.21. The molecule has 3 nitrogen and oxygen atoms in total. The van der Waals surface area contributed by atoms with E-state index in [-0.39, 0.29) is 5.75 Å². The Labute approximate surface area is 94.2 Å². The maximum atomic E-state index is 13.0. The smallest absolute Gasteiger partial charge is 0.165 e. The molecule has 1 saturated heterocycles. The normalized spacial score (nSPS) is 17.6. The highest BCUT2D eigenvalue weighted by atomic mass is 19.1. The van der Waals surface area contributed by atoms with Gasteiger partial charge in [-0.25, -0.2) is 4.39 Å². The highest BCUT2D eigenvalue weighted by molar-refractivity contribution is 5.27. The summed E-state index contributed by atoms with van der Waals surface area (Å²) < 4.78 is 18.3. The van der Waals surface area contributed by atoms with E-state index in [1.54, 1.807) is 6.07 Å². The molecule has 1 aromatic carbocycles. The molecule has 0 unspecified atom stereocenters. The van der Waals surface area contributed by atoms with Gasteiger partial charge in [-0.3, -0.25) is 0 Å². The lowest BCUT2D eigenvalue weighted by molar-refractivity contribution is 0.0776. The molecule has 1 fully saturated rings. The molecule has 16 heavy (non-hydrogen) atoms. The first-order valence-corrected chi connectivity index (χ1v) is 5.54. The number of rotatable bonds is 3. The SMILES string of the molecule is Oc1ccc(CNC2CCOCC2)cc1F. The summed E-state index contributed by atoms with van der Waals surface area (Å²) in [5, 5.41) is 12.4. The van der Waals surface area contributed by atoms with Gasteiger partial charge < -0.3 is 15.2 Å². The van der Waals surface area contributed by atoms with E-state index in [4.69, 9.17) is 9.84 Å². The van der Waals surface area contributed by atoms with Gasteiger partial charge in [-0.2, -0.15) is 0 Å². The number of hydrogen-bond donors (Lipinski definition) is 2. The van der Waals surface area contributed by atoms with Crippen molar-refractivity contribution < 1.29 is 14.2 Å². The fraction of sp³-hybridized carbons (Fsp3) is 0.500. The summed E-state index contributed by atoms with van der Waals surface area (Å²) in [7, 11) is 0. The van der Waals surface area contributed by atoms with Crippen LogP contribution in [-0.4, -0.2) is 24.4 Å². The van der Waals surface area contributed by atoms with Crippen molar-refractivity contribution >= 4 is 0 Å². The second kappa shape index (κ2) is 5.27. The van der Waals surface area contributed by atoms with Crippen LogP contribution in [-0.2, 0) is 11.3 Å². The Balaban J connectivity index is 1.86. The van der Waals surface area contributed by atoms with Crippen LogP contribution < -0.4 is 5.32 Å².